The highest BCUT2D eigenvalue weighted by Crippen LogP contribution is 2.32. The van der Waals surface area contributed by atoms with Gasteiger partial charge in [-0.05, 0) is 29.8 Å². The van der Waals surface area contributed by atoms with Crippen LogP contribution in [0.25, 0.3) is 0 Å². The molecular weight excluding hydrogens is 320 g/mol. The number of anilines is 1. The van der Waals surface area contributed by atoms with Crippen molar-refractivity contribution >= 4 is 33.6 Å². The number of hydrogen-bond acceptors (Lipinski definition) is 3. The number of amides is 2. The highest BCUT2D eigenvalue weighted by molar-refractivity contribution is 9.10. The minimum absolute atomic E-state index is 0.192. The van der Waals surface area contributed by atoms with E-state index in [4.69, 9.17) is 0 Å². The molecule has 1 aromatic heterocycles. The molecule has 0 saturated carbocycles. The van der Waals surface area contributed by atoms with Crippen molar-refractivity contribution in [2.45, 2.75) is 12.3 Å². The zero-order valence-electron chi connectivity index (χ0n) is 10.5. The third-order valence-corrected chi connectivity index (χ3v) is 3.83. The highest BCUT2D eigenvalue weighted by atomic mass is 79.9. The molecule has 1 aliphatic heterocycles. The van der Waals surface area contributed by atoms with Gasteiger partial charge in [0.2, 0.25) is 11.8 Å². The van der Waals surface area contributed by atoms with Gasteiger partial charge in [0.05, 0.1) is 5.92 Å². The van der Waals surface area contributed by atoms with Gasteiger partial charge in [-0.25, -0.2) is 9.88 Å². The Balaban J connectivity index is 1.93. The number of carbonyl (C=O) groups is 2. The molecule has 100 valence electrons. The third-order valence-electron chi connectivity index (χ3n) is 3.30. The van der Waals surface area contributed by atoms with Crippen LogP contribution in [-0.4, -0.2) is 16.8 Å². The number of carbonyl (C=O) groups excluding carboxylic acids is 2. The number of rotatable bonds is 2. The molecule has 1 aromatic carbocycles. The molecule has 1 aliphatic rings. The van der Waals surface area contributed by atoms with Gasteiger partial charge in [0.15, 0.2) is 0 Å². The van der Waals surface area contributed by atoms with Gasteiger partial charge >= 0.3 is 0 Å². The zero-order chi connectivity index (χ0) is 14.1. The number of pyridine rings is 1. The Hall–Kier alpha value is -2.01. The Bertz CT molecular complexity index is 655. The van der Waals surface area contributed by atoms with E-state index in [-0.39, 0.29) is 18.2 Å². The largest absolute Gasteiger partial charge is 0.274 e. The second-order valence-electron chi connectivity index (χ2n) is 4.56. The topological polar surface area (TPSA) is 50.3 Å². The van der Waals surface area contributed by atoms with Crippen LogP contribution in [0.4, 0.5) is 5.82 Å². The lowest BCUT2D eigenvalue weighted by atomic mass is 9.98. The Morgan fingerprint density at radius 2 is 1.85 bits per heavy atom. The van der Waals surface area contributed by atoms with Gasteiger partial charge in [0.25, 0.3) is 0 Å². The summed E-state index contributed by atoms with van der Waals surface area (Å²) in [6, 6.07) is 12.6. The van der Waals surface area contributed by atoms with Crippen molar-refractivity contribution in [1.29, 1.82) is 0 Å². The standard InChI is InChI=1S/C15H11BrN2O2/c16-11-6-4-10(5-7-11)12-9-14(19)18(15(12)20)13-3-1-2-8-17-13/h1-8,12H,9H2. The van der Waals surface area contributed by atoms with Gasteiger partial charge in [-0.1, -0.05) is 34.1 Å². The molecular formula is C15H11BrN2O2. The number of hydrogen-bond donors (Lipinski definition) is 0. The van der Waals surface area contributed by atoms with Crippen molar-refractivity contribution in [2.75, 3.05) is 4.90 Å². The van der Waals surface area contributed by atoms with Gasteiger partial charge in [0, 0.05) is 17.1 Å². The lowest BCUT2D eigenvalue weighted by molar-refractivity contribution is -0.121. The van der Waals surface area contributed by atoms with Gasteiger partial charge in [0.1, 0.15) is 5.82 Å². The fraction of sp³-hybridized carbons (Fsp3) is 0.133. The maximum Gasteiger partial charge on any atom is 0.243 e. The Kier molecular flexibility index (Phi) is 3.36. The Morgan fingerprint density at radius 3 is 2.50 bits per heavy atom. The molecule has 0 spiro atoms. The van der Waals surface area contributed by atoms with E-state index >= 15 is 0 Å². The fourth-order valence-corrected chi connectivity index (χ4v) is 2.58. The smallest absolute Gasteiger partial charge is 0.243 e. The first-order valence-electron chi connectivity index (χ1n) is 6.20. The second kappa shape index (κ2) is 5.17. The lowest BCUT2D eigenvalue weighted by Gasteiger charge is -2.13. The maximum atomic E-state index is 12.5. The highest BCUT2D eigenvalue weighted by Gasteiger charge is 2.40. The summed E-state index contributed by atoms with van der Waals surface area (Å²) in [7, 11) is 0. The van der Waals surface area contributed by atoms with Crippen LogP contribution in [0.3, 0.4) is 0 Å². The van der Waals surface area contributed by atoms with Crippen LogP contribution in [0.1, 0.15) is 17.9 Å². The van der Waals surface area contributed by atoms with Crippen LogP contribution >= 0.6 is 15.9 Å². The number of halogens is 1. The average Bonchev–Trinajstić information content (AvgIpc) is 2.76. The van der Waals surface area contributed by atoms with E-state index in [0.29, 0.717) is 5.82 Å². The van der Waals surface area contributed by atoms with Crippen molar-refractivity contribution in [2.24, 2.45) is 0 Å². The molecule has 2 aromatic rings. The predicted octanol–water partition coefficient (Wildman–Crippen LogP) is 2.89. The van der Waals surface area contributed by atoms with E-state index in [2.05, 4.69) is 20.9 Å². The normalized spacial score (nSPS) is 18.6. The fourth-order valence-electron chi connectivity index (χ4n) is 2.31. The summed E-state index contributed by atoms with van der Waals surface area (Å²) in [4.78, 5) is 29.8. The predicted molar refractivity (Wildman–Crippen MR) is 78.2 cm³/mol. The summed E-state index contributed by atoms with van der Waals surface area (Å²) in [5, 5.41) is 0. The van der Waals surface area contributed by atoms with Gasteiger partial charge < -0.3 is 0 Å². The Labute approximate surface area is 124 Å². The average molecular weight is 331 g/mol. The molecule has 3 rings (SSSR count). The summed E-state index contributed by atoms with van der Waals surface area (Å²) >= 11 is 3.36. The lowest BCUT2D eigenvalue weighted by Crippen LogP contribution is -2.30. The van der Waals surface area contributed by atoms with Crippen LogP contribution in [0.15, 0.2) is 53.1 Å². The maximum absolute atomic E-state index is 12.5. The molecule has 0 bridgehead atoms. The summed E-state index contributed by atoms with van der Waals surface area (Å²) in [5.41, 5.74) is 0.852. The van der Waals surface area contributed by atoms with Gasteiger partial charge in [-0.2, -0.15) is 0 Å². The molecule has 20 heavy (non-hydrogen) atoms. The molecule has 2 heterocycles. The summed E-state index contributed by atoms with van der Waals surface area (Å²) in [6.07, 6.45) is 1.76. The summed E-state index contributed by atoms with van der Waals surface area (Å²) in [6.45, 7) is 0. The molecule has 5 heteroatoms. The second-order valence-corrected chi connectivity index (χ2v) is 5.48. The number of imide groups is 1. The molecule has 1 unspecified atom stereocenters. The first kappa shape index (κ1) is 13.0. The minimum atomic E-state index is -0.419. The molecule has 0 aliphatic carbocycles. The number of nitrogens with zero attached hydrogens (tertiary/aromatic N) is 2. The first-order chi connectivity index (χ1) is 9.66. The molecule has 1 saturated heterocycles. The molecule has 0 N–H and O–H groups in total. The van der Waals surface area contributed by atoms with E-state index in [1.807, 2.05) is 24.3 Å². The molecule has 1 fully saturated rings. The van der Waals surface area contributed by atoms with E-state index in [9.17, 15) is 9.59 Å². The molecule has 4 nitrogen and oxygen atoms in total. The van der Waals surface area contributed by atoms with Crippen LogP contribution in [0.2, 0.25) is 0 Å². The third kappa shape index (κ3) is 2.25. The van der Waals surface area contributed by atoms with Crippen molar-refractivity contribution in [1.82, 2.24) is 4.98 Å². The number of aromatic nitrogens is 1. The van der Waals surface area contributed by atoms with E-state index in [1.165, 1.54) is 4.90 Å². The molecule has 0 radical (unpaired) electrons. The summed E-state index contributed by atoms with van der Waals surface area (Å²) in [5.74, 6) is -0.447. The van der Waals surface area contributed by atoms with E-state index < -0.39 is 5.92 Å². The number of benzene rings is 1. The molecule has 2 amide bonds. The molecule has 1 atom stereocenters. The van der Waals surface area contributed by atoms with Crippen molar-refractivity contribution < 1.29 is 9.59 Å². The van der Waals surface area contributed by atoms with E-state index in [0.717, 1.165) is 10.0 Å². The van der Waals surface area contributed by atoms with Crippen molar-refractivity contribution in [3.05, 3.63) is 58.7 Å². The SMILES string of the molecule is O=C1CC(c2ccc(Br)cc2)C(=O)N1c1ccccn1. The zero-order valence-corrected chi connectivity index (χ0v) is 12.1. The minimum Gasteiger partial charge on any atom is -0.274 e. The van der Waals surface area contributed by atoms with Crippen LogP contribution in [0.5, 0.6) is 0 Å². The van der Waals surface area contributed by atoms with Gasteiger partial charge in [-0.3, -0.25) is 9.59 Å². The summed E-state index contributed by atoms with van der Waals surface area (Å²) < 4.78 is 0.944. The first-order valence-corrected chi connectivity index (χ1v) is 6.99. The monoisotopic (exact) mass is 330 g/mol. The van der Waals surface area contributed by atoms with Gasteiger partial charge in [-0.15, -0.1) is 0 Å². The van der Waals surface area contributed by atoms with Crippen molar-refractivity contribution in [3.63, 3.8) is 0 Å². The van der Waals surface area contributed by atoms with Crippen LogP contribution in [0, 0.1) is 0 Å². The Morgan fingerprint density at radius 1 is 1.10 bits per heavy atom. The van der Waals surface area contributed by atoms with Crippen LogP contribution < -0.4 is 4.90 Å². The van der Waals surface area contributed by atoms with E-state index in [1.54, 1.807) is 24.4 Å². The van der Waals surface area contributed by atoms with Crippen LogP contribution in [-0.2, 0) is 9.59 Å². The quantitative estimate of drug-likeness (QED) is 0.795. The van der Waals surface area contributed by atoms with Crippen molar-refractivity contribution in [3.8, 4) is 0 Å².